The van der Waals surface area contributed by atoms with E-state index in [1.807, 2.05) is 0 Å². The molecule has 0 nitrogen and oxygen atoms in total. The Bertz CT molecular complexity index is 937. The maximum atomic E-state index is 7.23. The van der Waals surface area contributed by atoms with Gasteiger partial charge in [0.2, 0.25) is 0 Å². The fraction of sp³-hybridized carbons (Fsp3) is 0.571. The molecule has 0 aromatic rings. The zero-order valence-electron chi connectivity index (χ0n) is 19.3. The van der Waals surface area contributed by atoms with E-state index in [4.69, 9.17) is 11.6 Å². The lowest BCUT2D eigenvalue weighted by atomic mass is 9.44. The first kappa shape index (κ1) is 21.0. The van der Waals surface area contributed by atoms with Gasteiger partial charge < -0.3 is 0 Å². The topological polar surface area (TPSA) is 0 Å². The average molecular weight is 409 g/mol. The SMILES string of the molecule is C=C1C(Cl)=C2/C(=C/C)C(=C)C[C@H](CC)C2(C)C2=C1[C@]1(C)CCC(=C)C1(C)C[C@H]2C. The Hall–Kier alpha value is -1.27. The number of fused-ring (bicyclic) bond motifs is 4. The molecule has 0 radical (unpaired) electrons. The van der Waals surface area contributed by atoms with Gasteiger partial charge in [0, 0.05) is 10.8 Å². The monoisotopic (exact) mass is 408 g/mol. The fourth-order valence-electron chi connectivity index (χ4n) is 7.77. The van der Waals surface area contributed by atoms with Crippen molar-refractivity contribution in [2.24, 2.45) is 28.1 Å². The van der Waals surface area contributed by atoms with Crippen LogP contribution < -0.4 is 0 Å². The zero-order chi connectivity index (χ0) is 21.5. The lowest BCUT2D eigenvalue weighted by Crippen LogP contribution is -2.50. The molecule has 4 aliphatic carbocycles. The summed E-state index contributed by atoms with van der Waals surface area (Å²) >= 11 is 7.23. The summed E-state index contributed by atoms with van der Waals surface area (Å²) in [4.78, 5) is 0. The van der Waals surface area contributed by atoms with Gasteiger partial charge >= 0.3 is 0 Å². The molecule has 156 valence electrons. The van der Waals surface area contributed by atoms with Gasteiger partial charge in [0.25, 0.3) is 0 Å². The van der Waals surface area contributed by atoms with Crippen molar-refractivity contribution in [3.05, 3.63) is 69.9 Å². The van der Waals surface area contributed by atoms with Crippen molar-refractivity contribution in [1.82, 2.24) is 0 Å². The molecule has 0 aromatic heterocycles. The first-order valence-corrected chi connectivity index (χ1v) is 11.7. The summed E-state index contributed by atoms with van der Waals surface area (Å²) < 4.78 is 0. The van der Waals surface area contributed by atoms with E-state index in [-0.39, 0.29) is 16.2 Å². The van der Waals surface area contributed by atoms with Crippen LogP contribution in [0.3, 0.4) is 0 Å². The van der Waals surface area contributed by atoms with Crippen molar-refractivity contribution in [3.63, 3.8) is 0 Å². The summed E-state index contributed by atoms with van der Waals surface area (Å²) in [6.07, 6.45) is 7.86. The normalized spacial score (nSPS) is 43.7. The Morgan fingerprint density at radius 1 is 1.10 bits per heavy atom. The van der Waals surface area contributed by atoms with Gasteiger partial charge in [-0.15, -0.1) is 0 Å². The van der Waals surface area contributed by atoms with Crippen molar-refractivity contribution in [2.75, 3.05) is 0 Å². The summed E-state index contributed by atoms with van der Waals surface area (Å²) in [5.41, 5.74) is 9.51. The molecule has 0 spiro atoms. The lowest BCUT2D eigenvalue weighted by Gasteiger charge is -2.60. The van der Waals surface area contributed by atoms with Gasteiger partial charge in [0.15, 0.2) is 0 Å². The van der Waals surface area contributed by atoms with Crippen LogP contribution in [0.4, 0.5) is 0 Å². The molecule has 2 unspecified atom stereocenters. The van der Waals surface area contributed by atoms with E-state index in [0.717, 1.165) is 36.3 Å². The molecule has 0 heterocycles. The number of hydrogen-bond acceptors (Lipinski definition) is 0. The van der Waals surface area contributed by atoms with Crippen molar-refractivity contribution < 1.29 is 0 Å². The van der Waals surface area contributed by atoms with Crippen LogP contribution in [-0.4, -0.2) is 0 Å². The number of rotatable bonds is 1. The van der Waals surface area contributed by atoms with E-state index in [0.29, 0.717) is 11.8 Å². The Morgan fingerprint density at radius 2 is 1.76 bits per heavy atom. The molecule has 0 aromatic carbocycles. The van der Waals surface area contributed by atoms with Gasteiger partial charge in [-0.25, -0.2) is 0 Å². The average Bonchev–Trinajstić information content (AvgIpc) is 2.90. The smallest absolute Gasteiger partial charge is 0.0522 e. The second kappa shape index (κ2) is 6.36. The summed E-state index contributed by atoms with van der Waals surface area (Å²) in [6, 6.07) is 0. The second-order valence-corrected chi connectivity index (χ2v) is 11.0. The highest BCUT2D eigenvalue weighted by Gasteiger charge is 2.62. The molecule has 0 bridgehead atoms. The standard InChI is InChI=1S/C28H37Cl/c1-10-20-14-16(3)21(11-2)24-25(29)19(6)23-22(28(20,24)9)17(4)15-27(8)18(5)12-13-26(23,27)7/h11,17,20H,3,5-6,10,12-15H2,1-2,4,7-9H3/b21-11+/t17-,20+,26+,27?,28?/m1/s1. The van der Waals surface area contributed by atoms with Crippen molar-refractivity contribution in [2.45, 2.75) is 73.6 Å². The third-order valence-electron chi connectivity index (χ3n) is 9.56. The van der Waals surface area contributed by atoms with Crippen LogP contribution in [0.25, 0.3) is 0 Å². The molecular weight excluding hydrogens is 372 g/mol. The van der Waals surface area contributed by atoms with Crippen LogP contribution in [0.15, 0.2) is 69.9 Å². The summed E-state index contributed by atoms with van der Waals surface area (Å²) in [5.74, 6) is 1.03. The Balaban J connectivity index is 2.08. The van der Waals surface area contributed by atoms with Gasteiger partial charge in [0.05, 0.1) is 5.03 Å². The van der Waals surface area contributed by atoms with E-state index in [9.17, 15) is 0 Å². The predicted molar refractivity (Wildman–Crippen MR) is 127 cm³/mol. The first-order chi connectivity index (χ1) is 13.5. The number of hydrogen-bond donors (Lipinski definition) is 0. The molecule has 0 amide bonds. The van der Waals surface area contributed by atoms with E-state index >= 15 is 0 Å². The Morgan fingerprint density at radius 3 is 2.34 bits per heavy atom. The Kier molecular flexibility index (Phi) is 4.60. The van der Waals surface area contributed by atoms with Crippen molar-refractivity contribution >= 4 is 11.6 Å². The van der Waals surface area contributed by atoms with Crippen LogP contribution in [0, 0.1) is 28.1 Å². The molecule has 4 aliphatic rings. The summed E-state index contributed by atoms with van der Waals surface area (Å²) in [6.45, 7) is 27.8. The molecular formula is C28H37Cl. The lowest BCUT2D eigenvalue weighted by molar-refractivity contribution is 0.111. The highest BCUT2D eigenvalue weighted by atomic mass is 35.5. The van der Waals surface area contributed by atoms with Gasteiger partial charge in [-0.3, -0.25) is 0 Å². The summed E-state index contributed by atoms with van der Waals surface area (Å²) in [5, 5.41) is 0.883. The maximum Gasteiger partial charge on any atom is 0.0522 e. The van der Waals surface area contributed by atoms with Gasteiger partial charge in [-0.2, -0.15) is 0 Å². The number of allylic oxidation sites excluding steroid dienone is 9. The minimum Gasteiger partial charge on any atom is -0.0993 e. The molecule has 1 heteroatoms. The van der Waals surface area contributed by atoms with Gasteiger partial charge in [0.1, 0.15) is 0 Å². The maximum absolute atomic E-state index is 7.23. The van der Waals surface area contributed by atoms with Crippen LogP contribution in [0.2, 0.25) is 0 Å². The fourth-order valence-corrected chi connectivity index (χ4v) is 8.17. The molecule has 29 heavy (non-hydrogen) atoms. The highest BCUT2D eigenvalue weighted by Crippen LogP contribution is 2.73. The largest absolute Gasteiger partial charge is 0.0993 e. The molecule has 4 rings (SSSR count). The van der Waals surface area contributed by atoms with Crippen LogP contribution in [-0.2, 0) is 0 Å². The quantitative estimate of drug-likeness (QED) is 0.380. The van der Waals surface area contributed by atoms with E-state index in [2.05, 4.69) is 67.4 Å². The van der Waals surface area contributed by atoms with Crippen LogP contribution in [0.5, 0.6) is 0 Å². The van der Waals surface area contributed by atoms with Crippen molar-refractivity contribution in [1.29, 1.82) is 0 Å². The van der Waals surface area contributed by atoms with E-state index < -0.39 is 0 Å². The highest BCUT2D eigenvalue weighted by molar-refractivity contribution is 6.33. The third-order valence-corrected chi connectivity index (χ3v) is 9.98. The third kappa shape index (κ3) is 2.28. The van der Waals surface area contributed by atoms with E-state index in [1.165, 1.54) is 34.3 Å². The minimum atomic E-state index is -0.0426. The predicted octanol–water partition coefficient (Wildman–Crippen LogP) is 8.69. The molecule has 0 saturated heterocycles. The number of halogens is 1. The molecule has 2 fully saturated rings. The first-order valence-electron chi connectivity index (χ1n) is 11.4. The minimum absolute atomic E-state index is 0.0426. The van der Waals surface area contributed by atoms with Gasteiger partial charge in [-0.1, -0.05) is 89.6 Å². The summed E-state index contributed by atoms with van der Waals surface area (Å²) in [7, 11) is 0. The Labute approximate surface area is 183 Å². The second-order valence-electron chi connectivity index (χ2n) is 10.6. The van der Waals surface area contributed by atoms with Crippen LogP contribution in [0.1, 0.15) is 73.6 Å². The molecule has 2 saturated carbocycles. The van der Waals surface area contributed by atoms with Crippen LogP contribution >= 0.6 is 11.6 Å². The zero-order valence-corrected chi connectivity index (χ0v) is 20.0. The van der Waals surface area contributed by atoms with Crippen molar-refractivity contribution in [3.8, 4) is 0 Å². The molecule has 0 N–H and O–H groups in total. The molecule has 5 atom stereocenters. The van der Waals surface area contributed by atoms with Gasteiger partial charge in [-0.05, 0) is 77.7 Å². The van der Waals surface area contributed by atoms with E-state index in [1.54, 1.807) is 5.57 Å². The molecule has 0 aliphatic heterocycles.